The first kappa shape index (κ1) is 18.1. The maximum Gasteiger partial charge on any atom is 0.221 e. The topological polar surface area (TPSA) is 101 Å². The van der Waals surface area contributed by atoms with Crippen LogP contribution in [0.3, 0.4) is 0 Å². The van der Waals surface area contributed by atoms with Crippen molar-refractivity contribution in [2.75, 3.05) is 16.4 Å². The number of thioether (sulfide) groups is 1. The van der Waals surface area contributed by atoms with Crippen molar-refractivity contribution in [2.24, 2.45) is 0 Å². The third kappa shape index (κ3) is 5.14. The molecule has 2 N–H and O–H groups in total. The average molecular weight is 364 g/mol. The molecule has 0 fully saturated rings. The highest BCUT2D eigenvalue weighted by molar-refractivity contribution is 8.01. The third-order valence-corrected chi connectivity index (χ3v) is 4.76. The zero-order valence-corrected chi connectivity index (χ0v) is 15.0. The molecule has 2 amide bonds. The molecule has 0 radical (unpaired) electrons. The van der Waals surface area contributed by atoms with E-state index in [9.17, 15) is 14.4 Å². The summed E-state index contributed by atoms with van der Waals surface area (Å²) in [7, 11) is 0. The first-order valence-electron chi connectivity index (χ1n) is 7.00. The Morgan fingerprint density at radius 1 is 1.12 bits per heavy atom. The van der Waals surface area contributed by atoms with Crippen molar-refractivity contribution in [2.45, 2.75) is 25.1 Å². The Morgan fingerprint density at radius 2 is 1.83 bits per heavy atom. The van der Waals surface area contributed by atoms with Gasteiger partial charge in [-0.15, -0.1) is 10.2 Å². The predicted octanol–water partition coefficient (Wildman–Crippen LogP) is 2.74. The molecule has 1 aromatic heterocycles. The third-order valence-electron chi connectivity index (χ3n) is 2.79. The molecular formula is C15H16N4O3S2. The quantitative estimate of drug-likeness (QED) is 0.604. The number of nitrogens with zero attached hydrogens (tertiary/aromatic N) is 2. The second-order valence-electron chi connectivity index (χ2n) is 4.92. The number of Topliss-reactive ketones (excluding diaryl/α,β-unsaturated/α-hetero) is 1. The van der Waals surface area contributed by atoms with Crippen molar-refractivity contribution in [1.29, 1.82) is 0 Å². The number of anilines is 2. The highest BCUT2D eigenvalue weighted by Crippen LogP contribution is 2.26. The van der Waals surface area contributed by atoms with Crippen LogP contribution in [0.15, 0.2) is 22.5 Å². The monoisotopic (exact) mass is 364 g/mol. The summed E-state index contributed by atoms with van der Waals surface area (Å²) in [6.45, 7) is 4.59. The average Bonchev–Trinajstić information content (AvgIpc) is 2.89. The van der Waals surface area contributed by atoms with E-state index in [1.54, 1.807) is 18.2 Å². The number of amides is 2. The van der Waals surface area contributed by atoms with E-state index in [2.05, 4.69) is 20.8 Å². The summed E-state index contributed by atoms with van der Waals surface area (Å²) in [4.78, 5) is 35.0. The minimum absolute atomic E-state index is 0.147. The summed E-state index contributed by atoms with van der Waals surface area (Å²) >= 11 is 2.72. The molecule has 0 saturated heterocycles. The molecule has 2 rings (SSSR count). The van der Waals surface area contributed by atoms with E-state index >= 15 is 0 Å². The Hall–Kier alpha value is -2.26. The van der Waals surface area contributed by atoms with Crippen molar-refractivity contribution in [3.63, 3.8) is 0 Å². The zero-order valence-electron chi connectivity index (χ0n) is 13.4. The van der Waals surface area contributed by atoms with E-state index in [1.165, 1.54) is 36.9 Å². The van der Waals surface area contributed by atoms with Gasteiger partial charge in [0.15, 0.2) is 10.1 Å². The van der Waals surface area contributed by atoms with E-state index in [1.807, 2.05) is 6.92 Å². The van der Waals surface area contributed by atoms with Gasteiger partial charge in [-0.2, -0.15) is 0 Å². The van der Waals surface area contributed by atoms with Crippen molar-refractivity contribution in [3.05, 3.63) is 28.8 Å². The van der Waals surface area contributed by atoms with Crippen LogP contribution in [-0.2, 0) is 9.59 Å². The minimum atomic E-state index is -0.295. The van der Waals surface area contributed by atoms with Gasteiger partial charge in [-0.3, -0.25) is 14.4 Å². The van der Waals surface area contributed by atoms with E-state index in [-0.39, 0.29) is 23.4 Å². The van der Waals surface area contributed by atoms with Crippen molar-refractivity contribution in [3.8, 4) is 0 Å². The second-order valence-corrected chi connectivity index (χ2v) is 7.33. The van der Waals surface area contributed by atoms with Gasteiger partial charge < -0.3 is 10.6 Å². The van der Waals surface area contributed by atoms with E-state index < -0.39 is 0 Å². The van der Waals surface area contributed by atoms with Crippen LogP contribution < -0.4 is 10.6 Å². The molecule has 2 aromatic rings. The summed E-state index contributed by atoms with van der Waals surface area (Å²) in [5.41, 5.74) is 1.26. The van der Waals surface area contributed by atoms with E-state index in [4.69, 9.17) is 0 Å². The molecule has 0 saturated carbocycles. The number of benzene rings is 1. The zero-order chi connectivity index (χ0) is 17.7. The first-order valence-corrected chi connectivity index (χ1v) is 8.80. The maximum absolute atomic E-state index is 12.5. The molecule has 1 heterocycles. The Bertz CT molecular complexity index is 789. The number of aromatic nitrogens is 2. The van der Waals surface area contributed by atoms with Gasteiger partial charge in [0.25, 0.3) is 0 Å². The molecule has 0 spiro atoms. The fourth-order valence-corrected chi connectivity index (χ4v) is 3.60. The Morgan fingerprint density at radius 3 is 2.42 bits per heavy atom. The molecule has 0 aliphatic heterocycles. The number of carbonyl (C=O) groups excluding carboxylic acids is 3. The Labute approximate surface area is 147 Å². The lowest BCUT2D eigenvalue weighted by atomic mass is 10.1. The predicted molar refractivity (Wildman–Crippen MR) is 94.7 cm³/mol. The lowest BCUT2D eigenvalue weighted by Crippen LogP contribution is -2.13. The van der Waals surface area contributed by atoms with Crippen LogP contribution >= 0.6 is 23.1 Å². The van der Waals surface area contributed by atoms with Crippen LogP contribution in [0.4, 0.5) is 11.4 Å². The van der Waals surface area contributed by atoms with Gasteiger partial charge in [-0.1, -0.05) is 23.1 Å². The molecule has 0 aliphatic rings. The van der Waals surface area contributed by atoms with E-state index in [0.717, 1.165) is 9.35 Å². The number of hydrogen-bond acceptors (Lipinski definition) is 7. The number of nitrogens with one attached hydrogen (secondary N) is 2. The second kappa shape index (κ2) is 8.02. The van der Waals surface area contributed by atoms with Crippen LogP contribution in [0, 0.1) is 6.92 Å². The summed E-state index contributed by atoms with van der Waals surface area (Å²) in [5, 5.41) is 13.9. The largest absolute Gasteiger partial charge is 0.326 e. The normalized spacial score (nSPS) is 10.3. The summed E-state index contributed by atoms with van der Waals surface area (Å²) in [6.07, 6.45) is 0. The lowest BCUT2D eigenvalue weighted by Gasteiger charge is -2.11. The number of rotatable bonds is 6. The van der Waals surface area contributed by atoms with Gasteiger partial charge in [-0.25, -0.2) is 0 Å². The van der Waals surface area contributed by atoms with Gasteiger partial charge in [0.2, 0.25) is 11.8 Å². The lowest BCUT2D eigenvalue weighted by molar-refractivity contribution is -0.115. The molecule has 1 aromatic carbocycles. The van der Waals surface area contributed by atoms with Gasteiger partial charge in [0.05, 0.1) is 11.4 Å². The Balaban J connectivity index is 2.18. The minimum Gasteiger partial charge on any atom is -0.326 e. The Kier molecular flexibility index (Phi) is 6.04. The molecule has 7 nitrogen and oxygen atoms in total. The molecule has 9 heteroatoms. The number of aryl methyl sites for hydroxylation is 1. The fraction of sp³-hybridized carbons (Fsp3) is 0.267. The van der Waals surface area contributed by atoms with Gasteiger partial charge in [0, 0.05) is 25.1 Å². The summed E-state index contributed by atoms with van der Waals surface area (Å²) < 4.78 is 0.719. The molecule has 126 valence electrons. The molecule has 24 heavy (non-hydrogen) atoms. The van der Waals surface area contributed by atoms with Crippen molar-refractivity contribution in [1.82, 2.24) is 10.2 Å². The molecule has 0 aliphatic carbocycles. The van der Waals surface area contributed by atoms with Crippen LogP contribution in [-0.4, -0.2) is 33.5 Å². The number of carbonyl (C=O) groups is 3. The molecule has 0 atom stereocenters. The van der Waals surface area contributed by atoms with Gasteiger partial charge in [-0.05, 0) is 25.1 Å². The summed E-state index contributed by atoms with van der Waals surface area (Å²) in [5.74, 6) is -0.492. The van der Waals surface area contributed by atoms with Gasteiger partial charge >= 0.3 is 0 Å². The number of hydrogen-bond donors (Lipinski definition) is 2. The van der Waals surface area contributed by atoms with Crippen LogP contribution in [0.1, 0.15) is 29.2 Å². The fourth-order valence-electron chi connectivity index (χ4n) is 1.90. The molecular weight excluding hydrogens is 348 g/mol. The SMILES string of the molecule is CC(=O)Nc1ccc(C(=O)CSc2nnc(C)s2)c(NC(C)=O)c1. The smallest absolute Gasteiger partial charge is 0.221 e. The number of ketones is 1. The first-order chi connectivity index (χ1) is 11.3. The van der Waals surface area contributed by atoms with Crippen LogP contribution in [0.2, 0.25) is 0 Å². The van der Waals surface area contributed by atoms with Gasteiger partial charge in [0.1, 0.15) is 5.01 Å². The van der Waals surface area contributed by atoms with Crippen molar-refractivity contribution >= 4 is 52.1 Å². The van der Waals surface area contributed by atoms with E-state index in [0.29, 0.717) is 16.9 Å². The molecule has 0 bridgehead atoms. The highest BCUT2D eigenvalue weighted by atomic mass is 32.2. The van der Waals surface area contributed by atoms with Crippen molar-refractivity contribution < 1.29 is 14.4 Å². The summed E-state index contributed by atoms with van der Waals surface area (Å²) in [6, 6.07) is 4.78. The van der Waals surface area contributed by atoms with Crippen LogP contribution in [0.25, 0.3) is 0 Å². The maximum atomic E-state index is 12.5. The van der Waals surface area contributed by atoms with Crippen LogP contribution in [0.5, 0.6) is 0 Å². The highest BCUT2D eigenvalue weighted by Gasteiger charge is 2.15. The molecule has 0 unspecified atom stereocenters. The standard InChI is InChI=1S/C15H16N4O3S2/c1-8(20)16-11-4-5-12(13(6-11)17-9(2)21)14(22)7-23-15-19-18-10(3)24-15/h4-6H,7H2,1-3H3,(H,16,20)(H,17,21).